The summed E-state index contributed by atoms with van der Waals surface area (Å²) >= 11 is 9.27. The van der Waals surface area contributed by atoms with E-state index in [2.05, 4.69) is 15.9 Å². The van der Waals surface area contributed by atoms with Crippen molar-refractivity contribution in [2.45, 2.75) is 0 Å². The van der Waals surface area contributed by atoms with Crippen molar-refractivity contribution in [1.82, 2.24) is 0 Å². The van der Waals surface area contributed by atoms with Crippen LogP contribution in [0.25, 0.3) is 11.1 Å². The van der Waals surface area contributed by atoms with Crippen LogP contribution in [0.3, 0.4) is 0 Å². The van der Waals surface area contributed by atoms with E-state index in [9.17, 15) is 0 Å². The lowest BCUT2D eigenvalue weighted by Gasteiger charge is -1.99. The summed E-state index contributed by atoms with van der Waals surface area (Å²) in [5.41, 5.74) is 2.03. The molecule has 0 spiro atoms. The summed E-state index contributed by atoms with van der Waals surface area (Å²) in [6, 6.07) is 3.90. The highest BCUT2D eigenvalue weighted by molar-refractivity contribution is 9.10. The molecule has 0 amide bonds. The molecule has 56 valence electrons. The molecule has 0 atom stereocenters. The number of fused-ring (bicyclic) bond motifs is 1. The van der Waals surface area contributed by atoms with Crippen molar-refractivity contribution < 1.29 is 4.42 Å². The highest BCUT2D eigenvalue weighted by Gasteiger charge is 2.11. The zero-order valence-electron chi connectivity index (χ0n) is 5.47. The van der Waals surface area contributed by atoms with E-state index in [4.69, 9.17) is 16.0 Å². The summed E-state index contributed by atoms with van der Waals surface area (Å²) in [6.45, 7) is 0. The van der Waals surface area contributed by atoms with Crippen LogP contribution in [0.2, 0.25) is 5.02 Å². The van der Waals surface area contributed by atoms with Crippen LogP contribution in [0, 0.1) is 0 Å². The molecule has 11 heavy (non-hydrogen) atoms. The van der Waals surface area contributed by atoms with E-state index in [0.29, 0.717) is 5.02 Å². The normalized spacial score (nSPS) is 10.7. The zero-order valence-corrected chi connectivity index (χ0v) is 7.82. The second-order valence-electron chi connectivity index (χ2n) is 2.23. The molecular weight excluding hydrogens is 227 g/mol. The lowest BCUT2D eigenvalue weighted by atomic mass is 10.2. The molecule has 1 nitrogen and oxygen atoms in total. The minimum atomic E-state index is 0.638. The maximum atomic E-state index is 5.88. The van der Waals surface area contributed by atoms with Crippen molar-refractivity contribution in [1.29, 1.82) is 0 Å². The van der Waals surface area contributed by atoms with E-state index in [1.54, 1.807) is 6.26 Å². The van der Waals surface area contributed by atoms with Crippen LogP contribution < -0.4 is 0 Å². The highest BCUT2D eigenvalue weighted by Crippen LogP contribution is 2.37. The predicted molar refractivity (Wildman–Crippen MR) is 48.0 cm³/mol. The van der Waals surface area contributed by atoms with Crippen LogP contribution in [0.4, 0.5) is 0 Å². The maximum absolute atomic E-state index is 5.88. The van der Waals surface area contributed by atoms with Crippen molar-refractivity contribution in [2.75, 3.05) is 0 Å². The Bertz CT molecular complexity index is 355. The predicted octanol–water partition coefficient (Wildman–Crippen LogP) is 3.80. The van der Waals surface area contributed by atoms with Gasteiger partial charge < -0.3 is 4.42 Å². The van der Waals surface area contributed by atoms with Gasteiger partial charge in [-0.3, -0.25) is 0 Å². The minimum Gasteiger partial charge on any atom is -0.470 e. The number of hydrogen-bond donors (Lipinski definition) is 0. The Kier molecular flexibility index (Phi) is 1.66. The molecule has 0 aromatic heterocycles. The second-order valence-corrected chi connectivity index (χ2v) is 3.49. The summed E-state index contributed by atoms with van der Waals surface area (Å²) in [7, 11) is 0. The summed E-state index contributed by atoms with van der Waals surface area (Å²) in [5.74, 6) is 0. The fraction of sp³-hybridized carbons (Fsp3) is 0. The monoisotopic (exact) mass is 230 g/mol. The zero-order chi connectivity index (χ0) is 7.84. The fourth-order valence-corrected chi connectivity index (χ4v) is 1.99. The quantitative estimate of drug-likeness (QED) is 0.672. The van der Waals surface area contributed by atoms with Crippen molar-refractivity contribution in [3.8, 4) is 11.1 Å². The summed E-state index contributed by atoms with van der Waals surface area (Å²) < 4.78 is 5.99. The van der Waals surface area contributed by atoms with Gasteiger partial charge in [0.25, 0.3) is 0 Å². The van der Waals surface area contributed by atoms with Crippen molar-refractivity contribution in [3.05, 3.63) is 34.2 Å². The Labute approximate surface area is 77.4 Å². The van der Waals surface area contributed by atoms with Gasteiger partial charge in [-0.05, 0) is 6.07 Å². The topological polar surface area (TPSA) is 13.1 Å². The van der Waals surface area contributed by atoms with E-state index >= 15 is 0 Å². The molecule has 0 aromatic carbocycles. The molecule has 0 bridgehead atoms. The lowest BCUT2D eigenvalue weighted by Crippen LogP contribution is -1.74. The molecule has 1 aliphatic carbocycles. The molecule has 0 saturated carbocycles. The third kappa shape index (κ3) is 1.06. The van der Waals surface area contributed by atoms with Gasteiger partial charge in [0.15, 0.2) is 0 Å². The second kappa shape index (κ2) is 2.54. The average molecular weight is 231 g/mol. The third-order valence-corrected chi connectivity index (χ3v) is 2.48. The van der Waals surface area contributed by atoms with Gasteiger partial charge in [-0.2, -0.15) is 0 Å². The van der Waals surface area contributed by atoms with Crippen molar-refractivity contribution in [2.24, 2.45) is 0 Å². The van der Waals surface area contributed by atoms with Gasteiger partial charge in [0.2, 0.25) is 0 Å². The summed E-state index contributed by atoms with van der Waals surface area (Å²) in [6.07, 6.45) is 3.20. The van der Waals surface area contributed by atoms with Gasteiger partial charge in [-0.15, -0.1) is 0 Å². The van der Waals surface area contributed by atoms with Crippen LogP contribution in [-0.4, -0.2) is 0 Å². The molecule has 2 aliphatic rings. The van der Waals surface area contributed by atoms with Gasteiger partial charge >= 0.3 is 0 Å². The molecule has 0 N–H and O–H groups in total. The van der Waals surface area contributed by atoms with Gasteiger partial charge in [-0.25, -0.2) is 0 Å². The van der Waals surface area contributed by atoms with Crippen LogP contribution >= 0.6 is 27.5 Å². The Balaban J connectivity index is 2.82. The first-order chi connectivity index (χ1) is 5.29. The third-order valence-electron chi connectivity index (χ3n) is 1.54. The fourth-order valence-electron chi connectivity index (χ4n) is 1.04. The molecule has 1 heterocycles. The maximum Gasteiger partial charge on any atom is 0.109 e. The van der Waals surface area contributed by atoms with Crippen LogP contribution in [0.5, 0.6) is 0 Å². The molecule has 1 aliphatic heterocycles. The Morgan fingerprint density at radius 2 is 2.09 bits per heavy atom. The van der Waals surface area contributed by atoms with Crippen LogP contribution in [0.1, 0.15) is 0 Å². The van der Waals surface area contributed by atoms with Gasteiger partial charge in [0.1, 0.15) is 6.26 Å². The average Bonchev–Trinajstić information content (AvgIpc) is 2.34. The van der Waals surface area contributed by atoms with Gasteiger partial charge in [0.05, 0.1) is 11.3 Å². The molecular formula is C8H4BrClO. The lowest BCUT2D eigenvalue weighted by molar-refractivity contribution is 0.552. The van der Waals surface area contributed by atoms with Crippen LogP contribution in [0.15, 0.2) is 33.5 Å². The van der Waals surface area contributed by atoms with Gasteiger partial charge in [0, 0.05) is 15.6 Å². The molecule has 0 radical (unpaired) electrons. The minimum absolute atomic E-state index is 0.638. The summed E-state index contributed by atoms with van der Waals surface area (Å²) in [4.78, 5) is 0. The first kappa shape index (κ1) is 7.19. The molecule has 0 unspecified atom stereocenters. The molecule has 0 aromatic rings. The SMILES string of the molecule is Clc1cocc2ccc(Br)c1-2. The smallest absolute Gasteiger partial charge is 0.109 e. The Morgan fingerprint density at radius 1 is 1.27 bits per heavy atom. The molecule has 0 saturated heterocycles. The van der Waals surface area contributed by atoms with E-state index in [1.165, 1.54) is 6.26 Å². The standard InChI is InChI=1S/C8H4BrClO/c9-6-2-1-5-3-11-4-7(10)8(5)6/h1-4H. The molecule has 0 fully saturated rings. The van der Waals surface area contributed by atoms with E-state index in [1.807, 2.05) is 12.1 Å². The Morgan fingerprint density at radius 3 is 2.82 bits per heavy atom. The van der Waals surface area contributed by atoms with E-state index in [0.717, 1.165) is 15.6 Å². The Hall–Kier alpha value is -0.470. The molecule has 2 rings (SSSR count). The van der Waals surface area contributed by atoms with Crippen LogP contribution in [-0.2, 0) is 0 Å². The van der Waals surface area contributed by atoms with E-state index < -0.39 is 0 Å². The van der Waals surface area contributed by atoms with Crippen molar-refractivity contribution >= 4 is 27.5 Å². The number of halogens is 2. The highest BCUT2D eigenvalue weighted by atomic mass is 79.9. The summed E-state index contributed by atoms with van der Waals surface area (Å²) in [5, 5.41) is 0.638. The number of rotatable bonds is 0. The van der Waals surface area contributed by atoms with Crippen molar-refractivity contribution in [3.63, 3.8) is 0 Å². The van der Waals surface area contributed by atoms with Gasteiger partial charge in [-0.1, -0.05) is 33.6 Å². The largest absolute Gasteiger partial charge is 0.470 e. The molecule has 3 heteroatoms. The van der Waals surface area contributed by atoms with E-state index in [-0.39, 0.29) is 0 Å². The first-order valence-corrected chi connectivity index (χ1v) is 4.26. The number of hydrogen-bond acceptors (Lipinski definition) is 1. The first-order valence-electron chi connectivity index (χ1n) is 3.09.